The molecule has 1 N–H and O–H groups in total. The van der Waals surface area contributed by atoms with Gasteiger partial charge in [-0.25, -0.2) is 5.43 Å². The zero-order valence-electron chi connectivity index (χ0n) is 9.80. The van der Waals surface area contributed by atoms with Crippen LogP contribution >= 0.6 is 15.9 Å². The smallest absolute Gasteiger partial charge is 0.272 e. The highest BCUT2D eigenvalue weighted by atomic mass is 79.9. The van der Waals surface area contributed by atoms with Crippen LogP contribution in [0.4, 0.5) is 0 Å². The number of nitrogens with zero attached hydrogens (tertiary/aromatic N) is 2. The molecule has 0 unspecified atom stereocenters. The van der Waals surface area contributed by atoms with E-state index >= 15 is 0 Å². The van der Waals surface area contributed by atoms with Gasteiger partial charge in [-0.15, -0.1) is 0 Å². The van der Waals surface area contributed by atoms with Crippen molar-refractivity contribution >= 4 is 28.1 Å². The van der Waals surface area contributed by atoms with E-state index in [-0.39, 0.29) is 5.91 Å². The SMILES string of the molecule is Cn1ccc(/C=N\NC(=O)c2ccccc2Br)c1. The number of hydrogen-bond donors (Lipinski definition) is 1. The summed E-state index contributed by atoms with van der Waals surface area (Å²) in [4.78, 5) is 11.8. The molecule has 0 fully saturated rings. The Labute approximate surface area is 113 Å². The van der Waals surface area contributed by atoms with Crippen molar-refractivity contribution in [2.24, 2.45) is 12.1 Å². The molecule has 0 saturated heterocycles. The number of halogens is 1. The monoisotopic (exact) mass is 305 g/mol. The summed E-state index contributed by atoms with van der Waals surface area (Å²) in [6.07, 6.45) is 5.43. The van der Waals surface area contributed by atoms with Gasteiger partial charge in [-0.1, -0.05) is 12.1 Å². The van der Waals surface area contributed by atoms with Crippen LogP contribution in [0, 0.1) is 0 Å². The lowest BCUT2D eigenvalue weighted by atomic mass is 10.2. The second-order valence-electron chi connectivity index (χ2n) is 3.79. The Morgan fingerprint density at radius 3 is 2.83 bits per heavy atom. The Morgan fingerprint density at radius 2 is 2.17 bits per heavy atom. The molecule has 0 aliphatic rings. The molecule has 1 amide bonds. The fourth-order valence-electron chi connectivity index (χ4n) is 1.47. The lowest BCUT2D eigenvalue weighted by Crippen LogP contribution is -2.17. The average molecular weight is 306 g/mol. The zero-order chi connectivity index (χ0) is 13.0. The first-order valence-corrected chi connectivity index (χ1v) is 6.16. The van der Waals surface area contributed by atoms with Gasteiger partial charge in [0.15, 0.2) is 0 Å². The Kier molecular flexibility index (Phi) is 3.94. The van der Waals surface area contributed by atoms with Gasteiger partial charge in [0.25, 0.3) is 5.91 Å². The van der Waals surface area contributed by atoms with Gasteiger partial charge in [0, 0.05) is 29.5 Å². The van der Waals surface area contributed by atoms with Crippen molar-refractivity contribution in [2.75, 3.05) is 0 Å². The third-order valence-corrected chi connectivity index (χ3v) is 3.04. The first-order chi connectivity index (χ1) is 8.66. The molecule has 0 atom stereocenters. The van der Waals surface area contributed by atoms with Crippen LogP contribution in [0.3, 0.4) is 0 Å². The van der Waals surface area contributed by atoms with Gasteiger partial charge in [0.05, 0.1) is 11.8 Å². The van der Waals surface area contributed by atoms with Crippen molar-refractivity contribution in [1.82, 2.24) is 9.99 Å². The predicted molar refractivity (Wildman–Crippen MR) is 74.6 cm³/mol. The third kappa shape index (κ3) is 3.07. The fourth-order valence-corrected chi connectivity index (χ4v) is 1.94. The van der Waals surface area contributed by atoms with Gasteiger partial charge in [-0.3, -0.25) is 4.79 Å². The number of aryl methyl sites for hydroxylation is 1. The summed E-state index contributed by atoms with van der Waals surface area (Å²) in [5.41, 5.74) is 3.98. The fraction of sp³-hybridized carbons (Fsp3) is 0.0769. The molecule has 0 bridgehead atoms. The lowest BCUT2D eigenvalue weighted by Gasteiger charge is -2.01. The first kappa shape index (κ1) is 12.6. The van der Waals surface area contributed by atoms with Crippen LogP contribution in [-0.4, -0.2) is 16.7 Å². The van der Waals surface area contributed by atoms with Crippen LogP contribution in [0.2, 0.25) is 0 Å². The Bertz CT molecular complexity index is 589. The van der Waals surface area contributed by atoms with Crippen LogP contribution in [0.15, 0.2) is 52.3 Å². The van der Waals surface area contributed by atoms with Gasteiger partial charge >= 0.3 is 0 Å². The van der Waals surface area contributed by atoms with Crippen LogP contribution in [0.5, 0.6) is 0 Å². The average Bonchev–Trinajstić information content (AvgIpc) is 2.75. The lowest BCUT2D eigenvalue weighted by molar-refractivity contribution is 0.0954. The molecule has 2 rings (SSSR count). The number of nitrogens with one attached hydrogen (secondary N) is 1. The topological polar surface area (TPSA) is 46.4 Å². The Hall–Kier alpha value is -1.88. The Balaban J connectivity index is 2.01. The van der Waals surface area contributed by atoms with E-state index in [2.05, 4.69) is 26.5 Å². The molecule has 18 heavy (non-hydrogen) atoms. The van der Waals surface area contributed by atoms with Gasteiger partial charge < -0.3 is 4.57 Å². The summed E-state index contributed by atoms with van der Waals surface area (Å²) in [6, 6.07) is 9.12. The number of benzene rings is 1. The predicted octanol–water partition coefficient (Wildman–Crippen LogP) is 2.55. The van der Waals surface area contributed by atoms with Gasteiger partial charge in [-0.05, 0) is 34.1 Å². The number of carbonyl (C=O) groups is 1. The third-order valence-electron chi connectivity index (χ3n) is 2.35. The molecule has 0 spiro atoms. The highest BCUT2D eigenvalue weighted by molar-refractivity contribution is 9.10. The summed E-state index contributed by atoms with van der Waals surface area (Å²) in [6.45, 7) is 0. The Morgan fingerprint density at radius 1 is 1.39 bits per heavy atom. The van der Waals surface area contributed by atoms with Crippen molar-refractivity contribution in [2.45, 2.75) is 0 Å². The maximum atomic E-state index is 11.8. The summed E-state index contributed by atoms with van der Waals surface area (Å²) in [5.74, 6) is -0.241. The minimum absolute atomic E-state index is 0.241. The normalized spacial score (nSPS) is 10.8. The summed E-state index contributed by atoms with van der Waals surface area (Å²) >= 11 is 3.32. The van der Waals surface area contributed by atoms with Crippen molar-refractivity contribution in [3.8, 4) is 0 Å². The van der Waals surface area contributed by atoms with Crippen LogP contribution in [0.25, 0.3) is 0 Å². The van der Waals surface area contributed by atoms with Crippen LogP contribution < -0.4 is 5.43 Å². The highest BCUT2D eigenvalue weighted by Gasteiger charge is 2.07. The molecular weight excluding hydrogens is 294 g/mol. The first-order valence-electron chi connectivity index (χ1n) is 5.37. The number of aromatic nitrogens is 1. The summed E-state index contributed by atoms with van der Waals surface area (Å²) < 4.78 is 2.66. The zero-order valence-corrected chi connectivity index (χ0v) is 11.4. The number of hydrazone groups is 1. The molecule has 0 aliphatic carbocycles. The van der Waals surface area contributed by atoms with Crippen LogP contribution in [-0.2, 0) is 7.05 Å². The van der Waals surface area contributed by atoms with E-state index in [1.165, 1.54) is 0 Å². The number of carbonyl (C=O) groups excluding carboxylic acids is 1. The van der Waals surface area contributed by atoms with Gasteiger partial charge in [-0.2, -0.15) is 5.10 Å². The van der Waals surface area contributed by atoms with E-state index in [0.717, 1.165) is 10.0 Å². The molecule has 1 heterocycles. The molecule has 92 valence electrons. The molecule has 2 aromatic rings. The molecular formula is C13H12BrN3O. The standard InChI is InChI=1S/C13H12BrN3O/c1-17-7-6-10(9-17)8-15-16-13(18)11-4-2-3-5-12(11)14/h2-9H,1H3,(H,16,18)/b15-8-. The minimum Gasteiger partial charge on any atom is -0.357 e. The molecule has 0 aliphatic heterocycles. The van der Waals surface area contributed by atoms with E-state index in [9.17, 15) is 4.79 Å². The van der Waals surface area contributed by atoms with E-state index in [4.69, 9.17) is 0 Å². The molecule has 5 heteroatoms. The van der Waals surface area contributed by atoms with E-state index in [1.807, 2.05) is 42.2 Å². The number of rotatable bonds is 3. The maximum absolute atomic E-state index is 11.8. The van der Waals surface area contributed by atoms with Crippen LogP contribution in [0.1, 0.15) is 15.9 Å². The minimum atomic E-state index is -0.241. The molecule has 1 aromatic carbocycles. The maximum Gasteiger partial charge on any atom is 0.272 e. The molecule has 0 radical (unpaired) electrons. The van der Waals surface area contributed by atoms with Gasteiger partial charge in [0.1, 0.15) is 0 Å². The molecule has 0 saturated carbocycles. The van der Waals surface area contributed by atoms with E-state index in [1.54, 1.807) is 18.3 Å². The van der Waals surface area contributed by atoms with Crippen molar-refractivity contribution in [1.29, 1.82) is 0 Å². The van der Waals surface area contributed by atoms with E-state index < -0.39 is 0 Å². The summed E-state index contributed by atoms with van der Waals surface area (Å²) in [7, 11) is 1.93. The quantitative estimate of drug-likeness (QED) is 0.687. The second kappa shape index (κ2) is 5.64. The van der Waals surface area contributed by atoms with Crippen molar-refractivity contribution < 1.29 is 4.79 Å². The van der Waals surface area contributed by atoms with Crippen molar-refractivity contribution in [3.63, 3.8) is 0 Å². The second-order valence-corrected chi connectivity index (χ2v) is 4.64. The molecule has 1 aromatic heterocycles. The highest BCUT2D eigenvalue weighted by Crippen LogP contribution is 2.15. The van der Waals surface area contributed by atoms with Gasteiger partial charge in [0.2, 0.25) is 0 Å². The van der Waals surface area contributed by atoms with E-state index in [0.29, 0.717) is 5.56 Å². The largest absolute Gasteiger partial charge is 0.357 e. The summed E-state index contributed by atoms with van der Waals surface area (Å²) in [5, 5.41) is 3.91. The van der Waals surface area contributed by atoms with Crippen molar-refractivity contribution in [3.05, 3.63) is 58.3 Å². The number of amides is 1. The molecule has 4 nitrogen and oxygen atoms in total. The number of hydrogen-bond acceptors (Lipinski definition) is 2.